The second kappa shape index (κ2) is 7.73. The van der Waals surface area contributed by atoms with Gasteiger partial charge in [-0.25, -0.2) is 0 Å². The Bertz CT molecular complexity index is 162. The number of aliphatic hydroxyl groups excluding tert-OH is 1. The minimum atomic E-state index is -0.537. The number of ether oxygens (including phenoxy) is 1. The van der Waals surface area contributed by atoms with Crippen LogP contribution in [0.1, 0.15) is 19.8 Å². The molecule has 0 rings (SSSR count). The molecule has 5 heteroatoms. The van der Waals surface area contributed by atoms with Gasteiger partial charge in [-0.2, -0.15) is 0 Å². The first-order valence-corrected chi connectivity index (χ1v) is 4.78. The minimum absolute atomic E-state index is 0.220. The smallest absolute Gasteiger partial charge is 0.237 e. The topological polar surface area (TPSA) is 84.6 Å². The van der Waals surface area contributed by atoms with Crippen LogP contribution in [0.3, 0.4) is 0 Å². The molecule has 0 spiro atoms. The normalized spacial score (nSPS) is 14.9. The van der Waals surface area contributed by atoms with Gasteiger partial charge in [0.15, 0.2) is 0 Å². The van der Waals surface area contributed by atoms with E-state index in [4.69, 9.17) is 15.6 Å². The highest BCUT2D eigenvalue weighted by Crippen LogP contribution is 1.94. The third kappa shape index (κ3) is 6.82. The maximum atomic E-state index is 11.3. The van der Waals surface area contributed by atoms with E-state index in [1.165, 1.54) is 0 Å². The molecular formula is C9H20N2O3. The van der Waals surface area contributed by atoms with E-state index in [0.717, 1.165) is 6.42 Å². The highest BCUT2D eigenvalue weighted by molar-refractivity contribution is 5.81. The molecule has 0 saturated heterocycles. The van der Waals surface area contributed by atoms with Crippen molar-refractivity contribution in [3.63, 3.8) is 0 Å². The van der Waals surface area contributed by atoms with Gasteiger partial charge in [0.1, 0.15) is 0 Å². The fourth-order valence-electron chi connectivity index (χ4n) is 0.958. The van der Waals surface area contributed by atoms with Gasteiger partial charge in [-0.3, -0.25) is 4.79 Å². The summed E-state index contributed by atoms with van der Waals surface area (Å²) in [6.45, 7) is 2.46. The molecular weight excluding hydrogens is 184 g/mol. The van der Waals surface area contributed by atoms with E-state index >= 15 is 0 Å². The van der Waals surface area contributed by atoms with Crippen LogP contribution in [0.15, 0.2) is 0 Å². The zero-order chi connectivity index (χ0) is 11.0. The number of rotatable bonds is 7. The quantitative estimate of drug-likeness (QED) is 0.476. The van der Waals surface area contributed by atoms with Crippen LogP contribution in [0.2, 0.25) is 0 Å². The summed E-state index contributed by atoms with van der Waals surface area (Å²) in [6.07, 6.45) is 0.823. The fraction of sp³-hybridized carbons (Fsp3) is 0.889. The molecule has 4 N–H and O–H groups in total. The van der Waals surface area contributed by atoms with Gasteiger partial charge < -0.3 is 20.9 Å². The van der Waals surface area contributed by atoms with E-state index in [1.807, 2.05) is 0 Å². The molecule has 0 bridgehead atoms. The summed E-state index contributed by atoms with van der Waals surface area (Å²) >= 11 is 0. The van der Waals surface area contributed by atoms with Crippen LogP contribution < -0.4 is 11.1 Å². The van der Waals surface area contributed by atoms with Crippen molar-refractivity contribution in [1.82, 2.24) is 5.32 Å². The van der Waals surface area contributed by atoms with Crippen molar-refractivity contribution in [2.45, 2.75) is 31.9 Å². The summed E-state index contributed by atoms with van der Waals surface area (Å²) in [6, 6.07) is -0.510. The van der Waals surface area contributed by atoms with Crippen LogP contribution in [0.5, 0.6) is 0 Å². The highest BCUT2D eigenvalue weighted by Gasteiger charge is 2.12. The van der Waals surface area contributed by atoms with E-state index in [1.54, 1.807) is 14.0 Å². The summed E-state index contributed by atoms with van der Waals surface area (Å²) in [4.78, 5) is 11.3. The second-order valence-electron chi connectivity index (χ2n) is 3.34. The summed E-state index contributed by atoms with van der Waals surface area (Å²) in [7, 11) is 1.61. The number of methoxy groups -OCH3 is 1. The predicted octanol–water partition coefficient (Wildman–Crippen LogP) is -0.763. The van der Waals surface area contributed by atoms with Gasteiger partial charge in [0.2, 0.25) is 5.91 Å². The van der Waals surface area contributed by atoms with Gasteiger partial charge in [0.25, 0.3) is 0 Å². The average molecular weight is 204 g/mol. The number of hydrogen-bond donors (Lipinski definition) is 3. The van der Waals surface area contributed by atoms with Gasteiger partial charge >= 0.3 is 0 Å². The molecule has 14 heavy (non-hydrogen) atoms. The summed E-state index contributed by atoms with van der Waals surface area (Å²) in [5.74, 6) is -0.220. The van der Waals surface area contributed by atoms with E-state index in [2.05, 4.69) is 5.32 Å². The fourth-order valence-corrected chi connectivity index (χ4v) is 0.958. The molecule has 0 fully saturated rings. The lowest BCUT2D eigenvalue weighted by Crippen LogP contribution is -2.43. The van der Waals surface area contributed by atoms with Crippen molar-refractivity contribution in [1.29, 1.82) is 0 Å². The van der Waals surface area contributed by atoms with E-state index < -0.39 is 12.1 Å². The lowest BCUT2D eigenvalue weighted by Gasteiger charge is -2.12. The molecule has 1 amide bonds. The molecule has 0 aromatic rings. The molecule has 0 heterocycles. The number of nitrogens with two attached hydrogens (primary N) is 1. The monoisotopic (exact) mass is 204 g/mol. The SMILES string of the molecule is COCCCC(N)C(=O)NCC(C)O. The molecule has 0 aromatic heterocycles. The first-order chi connectivity index (χ1) is 6.57. The lowest BCUT2D eigenvalue weighted by molar-refractivity contribution is -0.123. The van der Waals surface area contributed by atoms with Crippen LogP contribution in [0, 0.1) is 0 Å². The van der Waals surface area contributed by atoms with Crippen LogP contribution in [0.4, 0.5) is 0 Å². The average Bonchev–Trinajstić information content (AvgIpc) is 2.14. The predicted molar refractivity (Wildman–Crippen MR) is 53.8 cm³/mol. The third-order valence-corrected chi connectivity index (χ3v) is 1.77. The molecule has 5 nitrogen and oxygen atoms in total. The Morgan fingerprint density at radius 2 is 2.29 bits per heavy atom. The van der Waals surface area contributed by atoms with Crippen LogP contribution in [-0.2, 0) is 9.53 Å². The van der Waals surface area contributed by atoms with Crippen molar-refractivity contribution in [2.24, 2.45) is 5.73 Å². The van der Waals surface area contributed by atoms with Crippen molar-refractivity contribution in [2.75, 3.05) is 20.3 Å². The number of nitrogens with one attached hydrogen (secondary N) is 1. The Hall–Kier alpha value is -0.650. The number of hydrogen-bond acceptors (Lipinski definition) is 4. The standard InChI is InChI=1S/C9H20N2O3/c1-7(12)6-11-9(13)8(10)4-3-5-14-2/h7-8,12H,3-6,10H2,1-2H3,(H,11,13). The van der Waals surface area contributed by atoms with Crippen LogP contribution in [-0.4, -0.2) is 43.4 Å². The summed E-state index contributed by atoms with van der Waals surface area (Å²) in [5.41, 5.74) is 5.59. The summed E-state index contributed by atoms with van der Waals surface area (Å²) in [5, 5.41) is 11.5. The Balaban J connectivity index is 3.54. The Morgan fingerprint density at radius 3 is 2.79 bits per heavy atom. The van der Waals surface area contributed by atoms with Gasteiger partial charge in [-0.05, 0) is 19.8 Å². The van der Waals surface area contributed by atoms with Gasteiger partial charge in [0.05, 0.1) is 12.1 Å². The maximum Gasteiger partial charge on any atom is 0.237 e. The van der Waals surface area contributed by atoms with Crippen molar-refractivity contribution in [3.05, 3.63) is 0 Å². The molecule has 0 aliphatic rings. The number of amides is 1. The van der Waals surface area contributed by atoms with Gasteiger partial charge in [0, 0.05) is 20.3 Å². The number of aliphatic hydroxyl groups is 1. The lowest BCUT2D eigenvalue weighted by atomic mass is 10.1. The first kappa shape index (κ1) is 13.4. The highest BCUT2D eigenvalue weighted by atomic mass is 16.5. The van der Waals surface area contributed by atoms with Crippen molar-refractivity contribution in [3.8, 4) is 0 Å². The molecule has 2 unspecified atom stereocenters. The first-order valence-electron chi connectivity index (χ1n) is 4.78. The maximum absolute atomic E-state index is 11.3. The zero-order valence-corrected chi connectivity index (χ0v) is 8.82. The molecule has 84 valence electrons. The van der Waals surface area contributed by atoms with Crippen LogP contribution in [0.25, 0.3) is 0 Å². The molecule has 0 saturated carbocycles. The van der Waals surface area contributed by atoms with Crippen molar-refractivity contribution >= 4 is 5.91 Å². The summed E-state index contributed by atoms with van der Waals surface area (Å²) < 4.78 is 4.84. The van der Waals surface area contributed by atoms with Crippen LogP contribution >= 0.6 is 0 Å². The number of carbonyl (C=O) groups is 1. The third-order valence-electron chi connectivity index (χ3n) is 1.77. The Kier molecular flexibility index (Phi) is 7.37. The van der Waals surface area contributed by atoms with Crippen molar-refractivity contribution < 1.29 is 14.6 Å². The van der Waals surface area contributed by atoms with Gasteiger partial charge in [-0.1, -0.05) is 0 Å². The largest absolute Gasteiger partial charge is 0.392 e. The van der Waals surface area contributed by atoms with E-state index in [0.29, 0.717) is 13.0 Å². The van der Waals surface area contributed by atoms with Gasteiger partial charge in [-0.15, -0.1) is 0 Å². The minimum Gasteiger partial charge on any atom is -0.392 e. The molecule has 0 aliphatic carbocycles. The molecule has 0 aromatic carbocycles. The van der Waals surface area contributed by atoms with E-state index in [9.17, 15) is 4.79 Å². The van der Waals surface area contributed by atoms with E-state index in [-0.39, 0.29) is 12.5 Å². The Labute approximate surface area is 84.6 Å². The molecule has 0 radical (unpaired) electrons. The molecule has 2 atom stereocenters. The second-order valence-corrected chi connectivity index (χ2v) is 3.34. The zero-order valence-electron chi connectivity index (χ0n) is 8.82. The number of carbonyl (C=O) groups excluding carboxylic acids is 1. The molecule has 0 aliphatic heterocycles. The Morgan fingerprint density at radius 1 is 1.64 bits per heavy atom.